The standard InChI is InChI=1S/C15H12N2S2/c1-2-6-12-9(4-1)14-11(8-18-12)17-10-5-3-7-13(10)19-15(17)16-14/h1-2,4,6H,3,5,7-8H2. The molecule has 2 nitrogen and oxygen atoms in total. The van der Waals surface area contributed by atoms with E-state index < -0.39 is 0 Å². The number of hydrogen-bond donors (Lipinski definition) is 0. The first-order valence-corrected chi connectivity index (χ1v) is 8.46. The highest BCUT2D eigenvalue weighted by atomic mass is 32.2. The topological polar surface area (TPSA) is 17.3 Å². The SMILES string of the molecule is c1ccc2c(c1)SCc1c-2nc2sc3c(n12)CCC3. The Morgan fingerprint density at radius 2 is 2.05 bits per heavy atom. The normalized spacial score (nSPS) is 16.4. The highest BCUT2D eigenvalue weighted by molar-refractivity contribution is 7.98. The average molecular weight is 284 g/mol. The molecule has 0 amide bonds. The minimum Gasteiger partial charge on any atom is -0.290 e. The van der Waals surface area contributed by atoms with Crippen molar-refractivity contribution in [3.8, 4) is 11.3 Å². The summed E-state index contributed by atoms with van der Waals surface area (Å²) in [5, 5.41) is 0. The van der Waals surface area contributed by atoms with Crippen LogP contribution in [-0.2, 0) is 18.6 Å². The summed E-state index contributed by atoms with van der Waals surface area (Å²) in [6.07, 6.45) is 3.79. The van der Waals surface area contributed by atoms with Crippen molar-refractivity contribution in [3.05, 3.63) is 40.5 Å². The van der Waals surface area contributed by atoms with Crippen LogP contribution in [-0.4, -0.2) is 9.38 Å². The molecule has 0 radical (unpaired) electrons. The second-order valence-corrected chi connectivity index (χ2v) is 7.21. The Kier molecular flexibility index (Phi) is 2.02. The number of benzene rings is 1. The Balaban J connectivity index is 1.86. The zero-order valence-corrected chi connectivity index (χ0v) is 12.0. The number of nitrogens with zero attached hydrogens (tertiary/aromatic N) is 2. The van der Waals surface area contributed by atoms with Crippen LogP contribution < -0.4 is 0 Å². The van der Waals surface area contributed by atoms with E-state index in [2.05, 4.69) is 28.7 Å². The monoisotopic (exact) mass is 284 g/mol. The van der Waals surface area contributed by atoms with Gasteiger partial charge in [0.25, 0.3) is 0 Å². The zero-order chi connectivity index (χ0) is 12.4. The molecule has 1 aliphatic carbocycles. The van der Waals surface area contributed by atoms with E-state index in [0.717, 1.165) is 5.75 Å². The van der Waals surface area contributed by atoms with Crippen molar-refractivity contribution < 1.29 is 0 Å². The van der Waals surface area contributed by atoms with Crippen molar-refractivity contribution in [2.24, 2.45) is 0 Å². The largest absolute Gasteiger partial charge is 0.290 e. The lowest BCUT2D eigenvalue weighted by Gasteiger charge is -2.15. The fraction of sp³-hybridized carbons (Fsp3) is 0.267. The summed E-state index contributed by atoms with van der Waals surface area (Å²) in [6, 6.07) is 8.65. The van der Waals surface area contributed by atoms with Crippen LogP contribution in [0.2, 0.25) is 0 Å². The van der Waals surface area contributed by atoms with Crippen LogP contribution in [0.15, 0.2) is 29.2 Å². The van der Waals surface area contributed by atoms with Crippen molar-refractivity contribution in [2.75, 3.05) is 0 Å². The van der Waals surface area contributed by atoms with Gasteiger partial charge in [-0.05, 0) is 25.3 Å². The van der Waals surface area contributed by atoms with Gasteiger partial charge in [-0.1, -0.05) is 18.2 Å². The van der Waals surface area contributed by atoms with Crippen LogP contribution in [0.1, 0.15) is 22.7 Å². The molecule has 0 bridgehead atoms. The second-order valence-electron chi connectivity index (χ2n) is 5.14. The fourth-order valence-electron chi connectivity index (χ4n) is 3.22. The van der Waals surface area contributed by atoms with E-state index in [-0.39, 0.29) is 0 Å². The predicted molar refractivity (Wildman–Crippen MR) is 80.1 cm³/mol. The highest BCUT2D eigenvalue weighted by Crippen LogP contribution is 2.44. The third-order valence-electron chi connectivity index (χ3n) is 4.07. The maximum Gasteiger partial charge on any atom is 0.194 e. The molecule has 19 heavy (non-hydrogen) atoms. The number of thioether (sulfide) groups is 1. The van der Waals surface area contributed by atoms with Gasteiger partial charge < -0.3 is 0 Å². The molecule has 2 aromatic heterocycles. The van der Waals surface area contributed by atoms with Crippen LogP contribution in [0, 0.1) is 0 Å². The molecule has 0 unspecified atom stereocenters. The minimum absolute atomic E-state index is 1.05. The molecule has 0 saturated carbocycles. The molecule has 94 valence electrons. The Bertz CT molecular complexity index is 813. The Morgan fingerprint density at radius 3 is 3.05 bits per heavy atom. The smallest absolute Gasteiger partial charge is 0.194 e. The van der Waals surface area contributed by atoms with Gasteiger partial charge in [0.15, 0.2) is 4.96 Å². The van der Waals surface area contributed by atoms with E-state index in [1.54, 1.807) is 4.88 Å². The molecule has 1 aliphatic heterocycles. The molecule has 3 heterocycles. The number of thiazole rings is 1. The summed E-state index contributed by atoms with van der Waals surface area (Å²) < 4.78 is 2.45. The molecule has 0 spiro atoms. The second kappa shape index (κ2) is 3.64. The van der Waals surface area contributed by atoms with E-state index in [1.807, 2.05) is 23.1 Å². The van der Waals surface area contributed by atoms with Gasteiger partial charge in [0.05, 0.1) is 11.4 Å². The number of imidazole rings is 1. The maximum atomic E-state index is 4.93. The molecule has 4 heteroatoms. The number of fused-ring (bicyclic) bond motifs is 7. The van der Waals surface area contributed by atoms with Crippen LogP contribution in [0.25, 0.3) is 16.2 Å². The Morgan fingerprint density at radius 1 is 1.11 bits per heavy atom. The van der Waals surface area contributed by atoms with Crippen molar-refractivity contribution in [2.45, 2.75) is 29.9 Å². The first-order chi connectivity index (χ1) is 9.42. The lowest BCUT2D eigenvalue weighted by Crippen LogP contribution is -2.00. The molecule has 0 fully saturated rings. The number of rotatable bonds is 0. The summed E-state index contributed by atoms with van der Waals surface area (Å²) in [5.41, 5.74) is 5.48. The first-order valence-electron chi connectivity index (χ1n) is 6.66. The predicted octanol–water partition coefficient (Wildman–Crippen LogP) is 4.16. The minimum atomic E-state index is 1.05. The fourth-order valence-corrected chi connectivity index (χ4v) is 5.50. The van der Waals surface area contributed by atoms with Crippen LogP contribution in [0.4, 0.5) is 0 Å². The molecule has 0 N–H and O–H groups in total. The van der Waals surface area contributed by atoms with E-state index >= 15 is 0 Å². The average Bonchev–Trinajstić information content (AvgIpc) is 3.07. The Hall–Kier alpha value is -1.26. The zero-order valence-electron chi connectivity index (χ0n) is 10.3. The van der Waals surface area contributed by atoms with Crippen molar-refractivity contribution >= 4 is 28.1 Å². The van der Waals surface area contributed by atoms with Gasteiger partial charge in [0.2, 0.25) is 0 Å². The summed E-state index contributed by atoms with van der Waals surface area (Å²) >= 11 is 3.84. The molecule has 5 rings (SSSR count). The Labute approximate surface area is 119 Å². The van der Waals surface area contributed by atoms with E-state index in [4.69, 9.17) is 4.98 Å². The maximum absolute atomic E-state index is 4.93. The third-order valence-corrected chi connectivity index (χ3v) is 6.30. The van der Waals surface area contributed by atoms with Gasteiger partial charge >= 0.3 is 0 Å². The molecule has 0 atom stereocenters. The molecular weight excluding hydrogens is 272 g/mol. The van der Waals surface area contributed by atoms with Crippen molar-refractivity contribution in [1.29, 1.82) is 0 Å². The first kappa shape index (κ1) is 10.5. The van der Waals surface area contributed by atoms with Gasteiger partial charge in [0.1, 0.15) is 0 Å². The number of aromatic nitrogens is 2. The summed E-state index contributed by atoms with van der Waals surface area (Å²) in [7, 11) is 0. The van der Waals surface area contributed by atoms with Gasteiger partial charge in [-0.25, -0.2) is 4.98 Å². The van der Waals surface area contributed by atoms with Crippen molar-refractivity contribution in [1.82, 2.24) is 9.38 Å². The van der Waals surface area contributed by atoms with Gasteiger partial charge in [-0.15, -0.1) is 23.1 Å². The molecule has 3 aromatic rings. The third kappa shape index (κ3) is 1.31. The van der Waals surface area contributed by atoms with Crippen molar-refractivity contribution in [3.63, 3.8) is 0 Å². The summed E-state index contributed by atoms with van der Waals surface area (Å²) in [5.74, 6) is 1.05. The molecular formula is C15H12N2S2. The van der Waals surface area contributed by atoms with E-state index in [9.17, 15) is 0 Å². The van der Waals surface area contributed by atoms with E-state index in [1.165, 1.54) is 51.8 Å². The van der Waals surface area contributed by atoms with Crippen LogP contribution in [0.5, 0.6) is 0 Å². The number of hydrogen-bond acceptors (Lipinski definition) is 3. The van der Waals surface area contributed by atoms with E-state index in [0.29, 0.717) is 0 Å². The lowest BCUT2D eigenvalue weighted by molar-refractivity contribution is 0.880. The highest BCUT2D eigenvalue weighted by Gasteiger charge is 2.27. The summed E-state index contributed by atoms with van der Waals surface area (Å²) in [6.45, 7) is 0. The summed E-state index contributed by atoms with van der Waals surface area (Å²) in [4.78, 5) is 9.06. The van der Waals surface area contributed by atoms with Crippen LogP contribution >= 0.6 is 23.1 Å². The molecule has 1 aromatic carbocycles. The number of aryl methyl sites for hydroxylation is 2. The lowest BCUT2D eigenvalue weighted by atomic mass is 10.1. The van der Waals surface area contributed by atoms with Crippen LogP contribution in [0.3, 0.4) is 0 Å². The molecule has 2 aliphatic rings. The van der Waals surface area contributed by atoms with Gasteiger partial charge in [-0.3, -0.25) is 4.40 Å². The molecule has 0 saturated heterocycles. The quantitative estimate of drug-likeness (QED) is 0.617. The van der Waals surface area contributed by atoms with Gasteiger partial charge in [-0.2, -0.15) is 0 Å². The van der Waals surface area contributed by atoms with Gasteiger partial charge in [0, 0.05) is 26.8 Å².